The third kappa shape index (κ3) is 2.88. The molecule has 0 spiro atoms. The Balaban J connectivity index is 1.90. The average molecular weight is 246 g/mol. The first-order valence-electron chi connectivity index (χ1n) is 5.56. The van der Waals surface area contributed by atoms with Crippen molar-refractivity contribution in [3.63, 3.8) is 0 Å². The molecule has 2 aromatic rings. The molecule has 0 bridgehead atoms. The van der Waals surface area contributed by atoms with E-state index in [9.17, 15) is 4.79 Å². The van der Waals surface area contributed by atoms with Crippen LogP contribution in [0.15, 0.2) is 36.8 Å². The number of nitrogens with zero attached hydrogens (tertiary/aromatic N) is 2. The van der Waals surface area contributed by atoms with Crippen molar-refractivity contribution in [1.29, 1.82) is 0 Å². The van der Waals surface area contributed by atoms with E-state index in [0.29, 0.717) is 30.3 Å². The van der Waals surface area contributed by atoms with Crippen molar-refractivity contribution < 1.29 is 14.3 Å². The highest BCUT2D eigenvalue weighted by atomic mass is 16.5. The zero-order valence-electron chi connectivity index (χ0n) is 10.1. The van der Waals surface area contributed by atoms with E-state index >= 15 is 0 Å². The number of carbonyl (C=O) groups excluding carboxylic acids is 1. The molecule has 1 aromatic carbocycles. The maximum Gasteiger partial charge on any atom is 0.169 e. The fraction of sp³-hybridized carbons (Fsp3) is 0.231. The van der Waals surface area contributed by atoms with E-state index in [1.54, 1.807) is 24.2 Å². The van der Waals surface area contributed by atoms with Crippen LogP contribution < -0.4 is 9.47 Å². The van der Waals surface area contributed by atoms with Gasteiger partial charge in [-0.05, 0) is 12.1 Å². The quantitative estimate of drug-likeness (QED) is 0.729. The maximum absolute atomic E-state index is 10.5. The molecule has 0 aliphatic heterocycles. The Morgan fingerprint density at radius 1 is 1.33 bits per heavy atom. The summed E-state index contributed by atoms with van der Waals surface area (Å²) in [4.78, 5) is 14.4. The van der Waals surface area contributed by atoms with Gasteiger partial charge in [0, 0.05) is 6.20 Å². The van der Waals surface area contributed by atoms with Crippen LogP contribution in [0.25, 0.3) is 0 Å². The molecule has 0 atom stereocenters. The molecule has 1 heterocycles. The summed E-state index contributed by atoms with van der Waals surface area (Å²) < 4.78 is 12.6. The number of aldehydes is 1. The van der Waals surface area contributed by atoms with Gasteiger partial charge in [0.1, 0.15) is 12.3 Å². The molecule has 0 saturated carbocycles. The zero-order valence-corrected chi connectivity index (χ0v) is 10.1. The molecule has 5 nitrogen and oxygen atoms in total. The van der Waals surface area contributed by atoms with Gasteiger partial charge in [-0.15, -0.1) is 0 Å². The Hall–Kier alpha value is -2.30. The van der Waals surface area contributed by atoms with E-state index in [0.717, 1.165) is 6.29 Å². The predicted molar refractivity (Wildman–Crippen MR) is 66.1 cm³/mol. The normalized spacial score (nSPS) is 10.1. The fourth-order valence-electron chi connectivity index (χ4n) is 1.56. The van der Waals surface area contributed by atoms with Crippen LogP contribution in [-0.2, 0) is 6.54 Å². The highest BCUT2D eigenvalue weighted by molar-refractivity contribution is 5.70. The third-order valence-corrected chi connectivity index (χ3v) is 2.45. The Bertz CT molecular complexity index is 522. The maximum atomic E-state index is 10.5. The molecule has 0 saturated heterocycles. The number of carbonyl (C=O) groups is 1. The smallest absolute Gasteiger partial charge is 0.169 e. The van der Waals surface area contributed by atoms with Crippen LogP contribution in [-0.4, -0.2) is 29.6 Å². The van der Waals surface area contributed by atoms with Crippen molar-refractivity contribution in [3.8, 4) is 11.5 Å². The fourth-order valence-corrected chi connectivity index (χ4v) is 1.56. The SMILES string of the molecule is COc1ccccc1OCCn1cnc(C=O)c1. The van der Waals surface area contributed by atoms with Gasteiger partial charge in [0.25, 0.3) is 0 Å². The first-order valence-corrected chi connectivity index (χ1v) is 5.56. The summed E-state index contributed by atoms with van der Waals surface area (Å²) >= 11 is 0. The lowest BCUT2D eigenvalue weighted by atomic mass is 10.3. The van der Waals surface area contributed by atoms with Gasteiger partial charge in [0.2, 0.25) is 0 Å². The second kappa shape index (κ2) is 5.86. The average Bonchev–Trinajstić information content (AvgIpc) is 2.87. The molecule has 0 aliphatic carbocycles. The molecule has 1 aromatic heterocycles. The lowest BCUT2D eigenvalue weighted by molar-refractivity contribution is 0.111. The number of hydrogen-bond donors (Lipinski definition) is 0. The lowest BCUT2D eigenvalue weighted by Crippen LogP contribution is -2.07. The van der Waals surface area contributed by atoms with Crippen LogP contribution in [0.3, 0.4) is 0 Å². The molecule has 2 rings (SSSR count). The molecule has 0 fully saturated rings. The minimum absolute atomic E-state index is 0.423. The highest BCUT2D eigenvalue weighted by Crippen LogP contribution is 2.25. The van der Waals surface area contributed by atoms with E-state index in [-0.39, 0.29) is 0 Å². The summed E-state index contributed by atoms with van der Waals surface area (Å²) in [6.45, 7) is 1.11. The summed E-state index contributed by atoms with van der Waals surface area (Å²) in [6, 6.07) is 7.47. The molecular formula is C13H14N2O3. The monoisotopic (exact) mass is 246 g/mol. The van der Waals surface area contributed by atoms with Crippen LogP contribution in [0.4, 0.5) is 0 Å². The standard InChI is InChI=1S/C13H14N2O3/c1-17-12-4-2-3-5-13(12)18-7-6-15-8-11(9-16)14-10-15/h2-5,8-10H,6-7H2,1H3. The number of imidazole rings is 1. The van der Waals surface area contributed by atoms with E-state index < -0.39 is 0 Å². The second-order valence-electron chi connectivity index (χ2n) is 3.65. The predicted octanol–water partition coefficient (Wildman–Crippen LogP) is 1.78. The Morgan fingerprint density at radius 3 is 2.78 bits per heavy atom. The molecule has 94 valence electrons. The van der Waals surface area contributed by atoms with Gasteiger partial charge in [0.15, 0.2) is 17.8 Å². The van der Waals surface area contributed by atoms with Gasteiger partial charge < -0.3 is 14.0 Å². The largest absolute Gasteiger partial charge is 0.493 e. The molecule has 0 amide bonds. The summed E-state index contributed by atoms with van der Waals surface area (Å²) in [5.74, 6) is 1.41. The van der Waals surface area contributed by atoms with Crippen LogP contribution in [0.2, 0.25) is 0 Å². The van der Waals surface area contributed by atoms with E-state index in [4.69, 9.17) is 9.47 Å². The topological polar surface area (TPSA) is 53.4 Å². The zero-order chi connectivity index (χ0) is 12.8. The van der Waals surface area contributed by atoms with E-state index in [1.165, 1.54) is 0 Å². The summed E-state index contributed by atoms with van der Waals surface area (Å²) in [5, 5.41) is 0. The molecule has 0 radical (unpaired) electrons. The third-order valence-electron chi connectivity index (χ3n) is 2.45. The van der Waals surface area contributed by atoms with Crippen LogP contribution >= 0.6 is 0 Å². The van der Waals surface area contributed by atoms with E-state index in [2.05, 4.69) is 4.98 Å². The molecule has 18 heavy (non-hydrogen) atoms. The number of rotatable bonds is 6. The van der Waals surface area contributed by atoms with E-state index in [1.807, 2.05) is 24.3 Å². The van der Waals surface area contributed by atoms with Crippen LogP contribution in [0.5, 0.6) is 11.5 Å². The van der Waals surface area contributed by atoms with Gasteiger partial charge in [-0.25, -0.2) is 4.98 Å². The van der Waals surface area contributed by atoms with Gasteiger partial charge in [-0.3, -0.25) is 4.79 Å². The van der Waals surface area contributed by atoms with Gasteiger partial charge >= 0.3 is 0 Å². The molecule has 0 aliphatic rings. The van der Waals surface area contributed by atoms with Crippen molar-refractivity contribution in [2.24, 2.45) is 0 Å². The van der Waals surface area contributed by atoms with Crippen molar-refractivity contribution in [1.82, 2.24) is 9.55 Å². The van der Waals surface area contributed by atoms with Crippen molar-refractivity contribution in [2.75, 3.05) is 13.7 Å². The number of ether oxygens (including phenoxy) is 2. The minimum atomic E-state index is 0.423. The van der Waals surface area contributed by atoms with Gasteiger partial charge in [0.05, 0.1) is 20.0 Å². The van der Waals surface area contributed by atoms with Crippen molar-refractivity contribution in [2.45, 2.75) is 6.54 Å². The highest BCUT2D eigenvalue weighted by Gasteiger charge is 2.02. The van der Waals surface area contributed by atoms with Crippen LogP contribution in [0, 0.1) is 0 Å². The Kier molecular flexibility index (Phi) is 3.96. The molecule has 0 N–H and O–H groups in total. The van der Waals surface area contributed by atoms with Crippen LogP contribution in [0.1, 0.15) is 10.5 Å². The van der Waals surface area contributed by atoms with Gasteiger partial charge in [-0.1, -0.05) is 12.1 Å². The first kappa shape index (κ1) is 12.2. The summed E-state index contributed by atoms with van der Waals surface area (Å²) in [7, 11) is 1.61. The lowest BCUT2D eigenvalue weighted by Gasteiger charge is -2.10. The number of hydrogen-bond acceptors (Lipinski definition) is 4. The van der Waals surface area contributed by atoms with Gasteiger partial charge in [-0.2, -0.15) is 0 Å². The van der Waals surface area contributed by atoms with Crippen molar-refractivity contribution >= 4 is 6.29 Å². The Labute approximate surface area is 105 Å². The molecular weight excluding hydrogens is 232 g/mol. The number of benzene rings is 1. The summed E-state index contributed by atoms with van der Waals surface area (Å²) in [6.07, 6.45) is 4.01. The Morgan fingerprint density at radius 2 is 2.11 bits per heavy atom. The molecule has 0 unspecified atom stereocenters. The number of methoxy groups -OCH3 is 1. The summed E-state index contributed by atoms with van der Waals surface area (Å²) in [5.41, 5.74) is 0.423. The number of aromatic nitrogens is 2. The first-order chi connectivity index (χ1) is 8.83. The molecule has 5 heteroatoms. The van der Waals surface area contributed by atoms with Crippen molar-refractivity contribution in [3.05, 3.63) is 42.5 Å². The second-order valence-corrected chi connectivity index (χ2v) is 3.65. The minimum Gasteiger partial charge on any atom is -0.493 e. The number of para-hydroxylation sites is 2.